The summed E-state index contributed by atoms with van der Waals surface area (Å²) in [5.74, 6) is 0.862. The second-order valence-corrected chi connectivity index (χ2v) is 5.66. The lowest BCUT2D eigenvalue weighted by Crippen LogP contribution is -2.08. The van der Waals surface area contributed by atoms with E-state index < -0.39 is 0 Å². The number of halogens is 1. The molecule has 0 bridgehead atoms. The lowest BCUT2D eigenvalue weighted by molar-refractivity contribution is 0.301. The number of nitrogens with two attached hydrogens (primary N) is 1. The van der Waals surface area contributed by atoms with Crippen LogP contribution in [0.1, 0.15) is 29.7 Å². The fraction of sp³-hybridized carbons (Fsp3) is 0.250. The van der Waals surface area contributed by atoms with Crippen molar-refractivity contribution in [3.05, 3.63) is 63.6 Å². The molecule has 0 saturated heterocycles. The van der Waals surface area contributed by atoms with E-state index in [-0.39, 0.29) is 6.04 Å². The summed E-state index contributed by atoms with van der Waals surface area (Å²) in [6.07, 6.45) is 0. The van der Waals surface area contributed by atoms with Gasteiger partial charge in [-0.2, -0.15) is 0 Å². The zero-order chi connectivity index (χ0) is 13.8. The predicted molar refractivity (Wildman–Crippen MR) is 82.3 cm³/mol. The molecule has 0 aliphatic carbocycles. The molecule has 2 aromatic carbocycles. The molecule has 0 saturated carbocycles. The fourth-order valence-corrected chi connectivity index (χ4v) is 2.39. The van der Waals surface area contributed by atoms with E-state index in [0.29, 0.717) is 6.61 Å². The van der Waals surface area contributed by atoms with Crippen LogP contribution in [-0.2, 0) is 6.61 Å². The third-order valence-electron chi connectivity index (χ3n) is 2.94. The molecule has 100 valence electrons. The molecular weight excluding hydrogens is 302 g/mol. The first kappa shape index (κ1) is 14.1. The second-order valence-electron chi connectivity index (χ2n) is 4.75. The number of benzene rings is 2. The van der Waals surface area contributed by atoms with Crippen LogP contribution in [0.3, 0.4) is 0 Å². The Bertz CT molecular complexity index is 566. The third kappa shape index (κ3) is 3.82. The Morgan fingerprint density at radius 3 is 2.68 bits per heavy atom. The van der Waals surface area contributed by atoms with E-state index in [9.17, 15) is 0 Å². The number of aryl methyl sites for hydroxylation is 1. The van der Waals surface area contributed by atoms with E-state index in [1.54, 1.807) is 0 Å². The van der Waals surface area contributed by atoms with Crippen molar-refractivity contribution in [1.82, 2.24) is 0 Å². The quantitative estimate of drug-likeness (QED) is 0.908. The van der Waals surface area contributed by atoms with E-state index in [0.717, 1.165) is 21.3 Å². The van der Waals surface area contributed by atoms with Crippen molar-refractivity contribution in [2.75, 3.05) is 0 Å². The number of rotatable bonds is 4. The first-order valence-corrected chi connectivity index (χ1v) is 7.09. The van der Waals surface area contributed by atoms with E-state index >= 15 is 0 Å². The summed E-state index contributed by atoms with van der Waals surface area (Å²) in [6, 6.07) is 14.2. The van der Waals surface area contributed by atoms with Crippen LogP contribution in [0, 0.1) is 6.92 Å². The molecule has 0 aromatic heterocycles. The summed E-state index contributed by atoms with van der Waals surface area (Å²) < 4.78 is 6.95. The maximum Gasteiger partial charge on any atom is 0.124 e. The van der Waals surface area contributed by atoms with Crippen molar-refractivity contribution in [3.63, 3.8) is 0 Å². The average Bonchev–Trinajstić information content (AvgIpc) is 2.37. The van der Waals surface area contributed by atoms with E-state index in [1.165, 1.54) is 5.56 Å². The van der Waals surface area contributed by atoms with Crippen molar-refractivity contribution in [2.45, 2.75) is 26.5 Å². The lowest BCUT2D eigenvalue weighted by atomic mass is 10.1. The van der Waals surface area contributed by atoms with Gasteiger partial charge in [0.1, 0.15) is 12.4 Å². The Morgan fingerprint density at radius 2 is 2.00 bits per heavy atom. The van der Waals surface area contributed by atoms with Crippen LogP contribution >= 0.6 is 15.9 Å². The van der Waals surface area contributed by atoms with Crippen molar-refractivity contribution in [3.8, 4) is 5.75 Å². The second kappa shape index (κ2) is 6.22. The zero-order valence-electron chi connectivity index (χ0n) is 11.2. The minimum Gasteiger partial charge on any atom is -0.489 e. The zero-order valence-corrected chi connectivity index (χ0v) is 12.8. The minimum absolute atomic E-state index is 0.0302. The third-order valence-corrected chi connectivity index (χ3v) is 3.43. The highest BCUT2D eigenvalue weighted by molar-refractivity contribution is 9.10. The van der Waals surface area contributed by atoms with Gasteiger partial charge in [0.2, 0.25) is 0 Å². The Morgan fingerprint density at radius 1 is 1.21 bits per heavy atom. The highest BCUT2D eigenvalue weighted by Crippen LogP contribution is 2.26. The van der Waals surface area contributed by atoms with E-state index in [1.807, 2.05) is 37.3 Å². The highest BCUT2D eigenvalue weighted by atomic mass is 79.9. The lowest BCUT2D eigenvalue weighted by Gasteiger charge is -2.15. The van der Waals surface area contributed by atoms with Gasteiger partial charge >= 0.3 is 0 Å². The van der Waals surface area contributed by atoms with Gasteiger partial charge in [0.15, 0.2) is 0 Å². The van der Waals surface area contributed by atoms with Gasteiger partial charge in [-0.3, -0.25) is 0 Å². The van der Waals surface area contributed by atoms with Gasteiger partial charge in [0.25, 0.3) is 0 Å². The van der Waals surface area contributed by atoms with E-state index in [4.69, 9.17) is 10.5 Å². The first-order valence-electron chi connectivity index (χ1n) is 6.29. The molecular formula is C16H18BrNO. The van der Waals surface area contributed by atoms with Crippen LogP contribution in [0.5, 0.6) is 5.75 Å². The smallest absolute Gasteiger partial charge is 0.124 e. The van der Waals surface area contributed by atoms with E-state index in [2.05, 4.69) is 35.0 Å². The molecule has 1 atom stereocenters. The Hall–Kier alpha value is -1.32. The molecule has 0 amide bonds. The molecule has 2 nitrogen and oxygen atoms in total. The molecule has 0 aliphatic rings. The van der Waals surface area contributed by atoms with Crippen LogP contribution in [0.15, 0.2) is 46.9 Å². The molecule has 0 spiro atoms. The SMILES string of the molecule is Cc1ccc(OCc2cccc(Br)c2)c(C(C)N)c1. The van der Waals surface area contributed by atoms with Crippen LogP contribution in [0.2, 0.25) is 0 Å². The predicted octanol–water partition coefficient (Wildman–Crippen LogP) is 4.36. The van der Waals surface area contributed by atoms with Crippen LogP contribution in [0.25, 0.3) is 0 Å². The molecule has 2 N–H and O–H groups in total. The molecule has 2 rings (SSSR count). The number of ether oxygens (including phenoxy) is 1. The van der Waals surface area contributed by atoms with Crippen molar-refractivity contribution in [1.29, 1.82) is 0 Å². The average molecular weight is 320 g/mol. The van der Waals surface area contributed by atoms with Gasteiger partial charge in [-0.1, -0.05) is 45.8 Å². The van der Waals surface area contributed by atoms with Crippen LogP contribution < -0.4 is 10.5 Å². The summed E-state index contributed by atoms with van der Waals surface area (Å²) in [4.78, 5) is 0. The summed E-state index contributed by atoms with van der Waals surface area (Å²) in [5.41, 5.74) is 9.37. The molecule has 0 aliphatic heterocycles. The van der Waals surface area contributed by atoms with Gasteiger partial charge in [-0.25, -0.2) is 0 Å². The standard InChI is InChI=1S/C16H18BrNO/c1-11-6-7-16(15(8-11)12(2)18)19-10-13-4-3-5-14(17)9-13/h3-9,12H,10,18H2,1-2H3. The molecule has 19 heavy (non-hydrogen) atoms. The number of hydrogen-bond acceptors (Lipinski definition) is 2. The summed E-state index contributed by atoms with van der Waals surface area (Å²) in [7, 11) is 0. The maximum absolute atomic E-state index is 5.99. The van der Waals surface area contributed by atoms with Gasteiger partial charge in [-0.15, -0.1) is 0 Å². The largest absolute Gasteiger partial charge is 0.489 e. The highest BCUT2D eigenvalue weighted by Gasteiger charge is 2.08. The summed E-state index contributed by atoms with van der Waals surface area (Å²) in [5, 5.41) is 0. The first-order chi connectivity index (χ1) is 9.06. The topological polar surface area (TPSA) is 35.2 Å². The normalized spacial score (nSPS) is 12.2. The van der Waals surface area contributed by atoms with Gasteiger partial charge in [-0.05, 0) is 37.6 Å². The molecule has 0 radical (unpaired) electrons. The Balaban J connectivity index is 2.15. The molecule has 0 heterocycles. The Labute approximate surface area is 122 Å². The summed E-state index contributed by atoms with van der Waals surface area (Å²) in [6.45, 7) is 4.58. The van der Waals surface area contributed by atoms with Gasteiger partial charge in [0, 0.05) is 16.1 Å². The number of hydrogen-bond donors (Lipinski definition) is 1. The van der Waals surface area contributed by atoms with Crippen LogP contribution in [-0.4, -0.2) is 0 Å². The maximum atomic E-state index is 5.99. The molecule has 2 aromatic rings. The van der Waals surface area contributed by atoms with Crippen LogP contribution in [0.4, 0.5) is 0 Å². The Kier molecular flexibility index (Phi) is 4.61. The van der Waals surface area contributed by atoms with Crippen molar-refractivity contribution >= 4 is 15.9 Å². The van der Waals surface area contributed by atoms with Gasteiger partial charge in [0.05, 0.1) is 0 Å². The molecule has 3 heteroatoms. The fourth-order valence-electron chi connectivity index (χ4n) is 1.94. The van der Waals surface area contributed by atoms with Crippen molar-refractivity contribution < 1.29 is 4.74 Å². The monoisotopic (exact) mass is 319 g/mol. The molecule has 1 unspecified atom stereocenters. The minimum atomic E-state index is -0.0302. The van der Waals surface area contributed by atoms with Crippen molar-refractivity contribution in [2.24, 2.45) is 5.73 Å². The molecule has 0 fully saturated rings. The van der Waals surface area contributed by atoms with Gasteiger partial charge < -0.3 is 10.5 Å². The summed E-state index contributed by atoms with van der Waals surface area (Å²) >= 11 is 3.46.